The van der Waals surface area contributed by atoms with Crippen molar-refractivity contribution in [2.24, 2.45) is 0 Å². The van der Waals surface area contributed by atoms with Crippen LogP contribution in [0.4, 0.5) is 0 Å². The molecular weight excluding hydrogens is 422 g/mol. The molecule has 0 atom stereocenters. The van der Waals surface area contributed by atoms with Gasteiger partial charge in [-0.25, -0.2) is 21.6 Å². The Morgan fingerprint density at radius 2 is 1.47 bits per heavy atom. The SMILES string of the molecule is Cc1ccc(S(=O)(=O)c2ccc(C(C)(C)C)cc2)cc1S(=O)(=O)NC1CCOCC1. The Morgan fingerprint density at radius 3 is 2.03 bits per heavy atom. The Bertz CT molecular complexity index is 1110. The first kappa shape index (κ1) is 22.9. The van der Waals surface area contributed by atoms with Crippen LogP contribution in [-0.2, 0) is 30.0 Å². The van der Waals surface area contributed by atoms with Crippen LogP contribution in [0.25, 0.3) is 0 Å². The van der Waals surface area contributed by atoms with Crippen molar-refractivity contribution < 1.29 is 21.6 Å². The number of sulfonamides is 1. The molecule has 0 aromatic heterocycles. The van der Waals surface area contributed by atoms with Crippen LogP contribution in [0.2, 0.25) is 0 Å². The van der Waals surface area contributed by atoms with Crippen LogP contribution >= 0.6 is 0 Å². The molecule has 8 heteroatoms. The van der Waals surface area contributed by atoms with Crippen molar-refractivity contribution in [1.82, 2.24) is 4.72 Å². The van der Waals surface area contributed by atoms with Crippen LogP contribution < -0.4 is 4.72 Å². The fraction of sp³-hybridized carbons (Fsp3) is 0.455. The van der Waals surface area contributed by atoms with E-state index in [1.165, 1.54) is 18.2 Å². The zero-order chi connectivity index (χ0) is 22.2. The third-order valence-corrected chi connectivity index (χ3v) is 8.76. The minimum Gasteiger partial charge on any atom is -0.381 e. The Labute approximate surface area is 179 Å². The summed E-state index contributed by atoms with van der Waals surface area (Å²) < 4.78 is 60.1. The molecule has 0 spiro atoms. The predicted octanol–water partition coefficient (Wildman–Crippen LogP) is 3.58. The highest BCUT2D eigenvalue weighted by molar-refractivity contribution is 7.91. The van der Waals surface area contributed by atoms with E-state index in [-0.39, 0.29) is 26.1 Å². The minimum absolute atomic E-state index is 0.0126. The Morgan fingerprint density at radius 1 is 0.900 bits per heavy atom. The first-order valence-electron chi connectivity index (χ1n) is 9.98. The molecule has 0 saturated carbocycles. The molecule has 1 saturated heterocycles. The van der Waals surface area contributed by atoms with E-state index in [1.54, 1.807) is 31.2 Å². The molecular formula is C22H29NO5S2. The van der Waals surface area contributed by atoms with E-state index in [0.717, 1.165) is 5.56 Å². The number of benzene rings is 2. The first-order valence-corrected chi connectivity index (χ1v) is 12.9. The highest BCUT2D eigenvalue weighted by Crippen LogP contribution is 2.28. The molecule has 0 radical (unpaired) electrons. The van der Waals surface area contributed by atoms with Gasteiger partial charge in [-0.1, -0.05) is 39.0 Å². The topological polar surface area (TPSA) is 89.5 Å². The molecule has 1 fully saturated rings. The first-order chi connectivity index (χ1) is 13.9. The summed E-state index contributed by atoms with van der Waals surface area (Å²) in [4.78, 5) is 0.0884. The number of aryl methyl sites for hydroxylation is 1. The maximum atomic E-state index is 13.1. The van der Waals surface area contributed by atoms with Gasteiger partial charge in [0.25, 0.3) is 0 Å². The average Bonchev–Trinajstić information content (AvgIpc) is 2.68. The highest BCUT2D eigenvalue weighted by Gasteiger charge is 2.26. The van der Waals surface area contributed by atoms with Gasteiger partial charge in [-0.3, -0.25) is 0 Å². The van der Waals surface area contributed by atoms with Gasteiger partial charge < -0.3 is 4.74 Å². The fourth-order valence-corrected chi connectivity index (χ4v) is 6.34. The Kier molecular flexibility index (Phi) is 6.43. The summed E-state index contributed by atoms with van der Waals surface area (Å²) in [6.07, 6.45) is 1.19. The number of hydrogen-bond acceptors (Lipinski definition) is 5. The van der Waals surface area contributed by atoms with E-state index in [2.05, 4.69) is 25.5 Å². The standard InChI is InChI=1S/C22H29NO5S2/c1-16-5-8-20(15-21(16)30(26,27)23-18-11-13-28-14-12-18)29(24,25)19-9-6-17(7-10-19)22(2,3)4/h5-10,15,18,23H,11-14H2,1-4H3. The van der Waals surface area contributed by atoms with Crippen LogP contribution in [0.3, 0.4) is 0 Å². The van der Waals surface area contributed by atoms with Crippen LogP contribution in [-0.4, -0.2) is 36.1 Å². The van der Waals surface area contributed by atoms with E-state index in [1.807, 2.05) is 0 Å². The summed E-state index contributed by atoms with van der Waals surface area (Å²) in [5.41, 5.74) is 1.43. The minimum atomic E-state index is -3.85. The largest absolute Gasteiger partial charge is 0.381 e. The molecule has 0 bridgehead atoms. The van der Waals surface area contributed by atoms with Crippen molar-refractivity contribution in [3.8, 4) is 0 Å². The average molecular weight is 452 g/mol. The predicted molar refractivity (Wildman–Crippen MR) is 116 cm³/mol. The van der Waals surface area contributed by atoms with E-state index in [0.29, 0.717) is 31.6 Å². The van der Waals surface area contributed by atoms with E-state index in [4.69, 9.17) is 4.74 Å². The molecule has 0 amide bonds. The third-order valence-electron chi connectivity index (χ3n) is 5.33. The molecule has 0 unspecified atom stereocenters. The van der Waals surface area contributed by atoms with Gasteiger partial charge in [0.15, 0.2) is 0 Å². The van der Waals surface area contributed by atoms with Crippen molar-refractivity contribution in [1.29, 1.82) is 0 Å². The van der Waals surface area contributed by atoms with Gasteiger partial charge in [-0.2, -0.15) is 0 Å². The molecule has 1 aliphatic rings. The normalized spacial score (nSPS) is 16.5. The molecule has 0 aliphatic carbocycles. The van der Waals surface area contributed by atoms with Crippen LogP contribution in [0.5, 0.6) is 0 Å². The zero-order valence-corrected chi connectivity index (χ0v) is 19.4. The molecule has 30 heavy (non-hydrogen) atoms. The van der Waals surface area contributed by atoms with Gasteiger partial charge in [-0.15, -0.1) is 0 Å². The Balaban J connectivity index is 1.95. The maximum absolute atomic E-state index is 13.1. The third kappa shape index (κ3) is 4.94. The molecule has 2 aromatic rings. The second-order valence-corrected chi connectivity index (χ2v) is 12.3. The van der Waals surface area contributed by atoms with Gasteiger partial charge in [0.2, 0.25) is 19.9 Å². The van der Waals surface area contributed by atoms with E-state index in [9.17, 15) is 16.8 Å². The molecule has 1 N–H and O–H groups in total. The maximum Gasteiger partial charge on any atom is 0.241 e. The summed E-state index contributed by atoms with van der Waals surface area (Å²) in [6.45, 7) is 8.83. The van der Waals surface area contributed by atoms with Crippen molar-refractivity contribution in [3.05, 3.63) is 53.6 Å². The highest BCUT2D eigenvalue weighted by atomic mass is 32.2. The lowest BCUT2D eigenvalue weighted by atomic mass is 9.87. The number of hydrogen-bond donors (Lipinski definition) is 1. The molecule has 164 valence electrons. The van der Waals surface area contributed by atoms with Gasteiger partial charge in [0.05, 0.1) is 14.7 Å². The molecule has 2 aromatic carbocycles. The number of nitrogens with one attached hydrogen (secondary N) is 1. The number of sulfone groups is 1. The smallest absolute Gasteiger partial charge is 0.241 e. The second-order valence-electron chi connectivity index (χ2n) is 8.71. The quantitative estimate of drug-likeness (QED) is 0.750. The lowest BCUT2D eigenvalue weighted by Gasteiger charge is -2.23. The van der Waals surface area contributed by atoms with E-state index >= 15 is 0 Å². The van der Waals surface area contributed by atoms with E-state index < -0.39 is 19.9 Å². The molecule has 1 heterocycles. The van der Waals surface area contributed by atoms with Crippen LogP contribution in [0, 0.1) is 6.92 Å². The summed E-state index contributed by atoms with van der Waals surface area (Å²) in [7, 11) is -7.70. The van der Waals surface area contributed by atoms with Crippen LogP contribution in [0.15, 0.2) is 57.2 Å². The van der Waals surface area contributed by atoms with Crippen molar-refractivity contribution in [3.63, 3.8) is 0 Å². The zero-order valence-electron chi connectivity index (χ0n) is 17.8. The van der Waals surface area contributed by atoms with Gasteiger partial charge in [0.1, 0.15) is 0 Å². The molecule has 3 rings (SSSR count). The number of rotatable bonds is 5. The van der Waals surface area contributed by atoms with Gasteiger partial charge in [0, 0.05) is 19.3 Å². The second kappa shape index (κ2) is 8.42. The van der Waals surface area contributed by atoms with Crippen molar-refractivity contribution >= 4 is 19.9 Å². The Hall–Kier alpha value is -1.74. The van der Waals surface area contributed by atoms with Crippen LogP contribution in [0.1, 0.15) is 44.7 Å². The fourth-order valence-electron chi connectivity index (χ4n) is 3.41. The van der Waals surface area contributed by atoms with Crippen molar-refractivity contribution in [2.75, 3.05) is 13.2 Å². The summed E-state index contributed by atoms with van der Waals surface area (Å²) in [5, 5.41) is 0. The lowest BCUT2D eigenvalue weighted by molar-refractivity contribution is 0.0832. The summed E-state index contributed by atoms with van der Waals surface area (Å²) in [5.74, 6) is 0. The van der Waals surface area contributed by atoms with Gasteiger partial charge >= 0.3 is 0 Å². The van der Waals surface area contributed by atoms with Crippen molar-refractivity contribution in [2.45, 2.75) is 66.7 Å². The summed E-state index contributed by atoms with van der Waals surface area (Å²) in [6, 6.07) is 10.8. The number of ether oxygens (including phenoxy) is 1. The molecule has 1 aliphatic heterocycles. The summed E-state index contributed by atoms with van der Waals surface area (Å²) >= 11 is 0. The lowest BCUT2D eigenvalue weighted by Crippen LogP contribution is -2.39. The molecule has 6 nitrogen and oxygen atoms in total. The monoisotopic (exact) mass is 451 g/mol. The van der Waals surface area contributed by atoms with Gasteiger partial charge in [-0.05, 0) is 60.6 Å².